The zero-order valence-corrected chi connectivity index (χ0v) is 13.4. The molecule has 0 aliphatic heterocycles. The van der Waals surface area contributed by atoms with Crippen molar-refractivity contribution in [2.24, 2.45) is 0 Å². The maximum Gasteiger partial charge on any atom is 0.303 e. The van der Waals surface area contributed by atoms with E-state index in [4.69, 9.17) is 21.4 Å². The van der Waals surface area contributed by atoms with E-state index in [0.29, 0.717) is 16.5 Å². The Hall–Kier alpha value is -1.47. The molecule has 0 heterocycles. The first-order chi connectivity index (χ1) is 9.81. The van der Waals surface area contributed by atoms with Crippen LogP contribution in [0.2, 0.25) is 5.02 Å². The monoisotopic (exact) mass is 335 g/mol. The van der Waals surface area contributed by atoms with Gasteiger partial charge in [-0.1, -0.05) is 11.6 Å². The predicted molar refractivity (Wildman–Crippen MR) is 81.7 cm³/mol. The van der Waals surface area contributed by atoms with Gasteiger partial charge in [0, 0.05) is 18.0 Å². The number of anilines is 1. The van der Waals surface area contributed by atoms with Gasteiger partial charge in [0.1, 0.15) is 5.75 Å². The molecule has 21 heavy (non-hydrogen) atoms. The van der Waals surface area contributed by atoms with Crippen LogP contribution in [0.25, 0.3) is 0 Å². The Labute approximate surface area is 129 Å². The topological polar surface area (TPSA) is 83.9 Å². The fourth-order valence-corrected chi connectivity index (χ4v) is 3.12. The number of benzene rings is 1. The molecule has 0 atom stereocenters. The predicted octanol–water partition coefficient (Wildman–Crippen LogP) is 2.37. The van der Waals surface area contributed by atoms with Crippen molar-refractivity contribution in [3.63, 3.8) is 0 Å². The van der Waals surface area contributed by atoms with Crippen LogP contribution in [0.4, 0.5) is 5.69 Å². The van der Waals surface area contributed by atoms with Crippen LogP contribution in [0.15, 0.2) is 18.2 Å². The number of hydrogen-bond acceptors (Lipinski definition) is 4. The van der Waals surface area contributed by atoms with E-state index in [1.807, 2.05) is 0 Å². The number of ether oxygens (including phenoxy) is 1. The van der Waals surface area contributed by atoms with E-state index >= 15 is 0 Å². The van der Waals surface area contributed by atoms with Crippen LogP contribution in [-0.4, -0.2) is 38.9 Å². The molecule has 1 N–H and O–H groups in total. The summed E-state index contributed by atoms with van der Waals surface area (Å²) >= 11 is 5.92. The van der Waals surface area contributed by atoms with Gasteiger partial charge in [-0.05, 0) is 31.5 Å². The van der Waals surface area contributed by atoms with Gasteiger partial charge in [0.05, 0.1) is 18.6 Å². The van der Waals surface area contributed by atoms with Crippen molar-refractivity contribution in [2.75, 3.05) is 23.7 Å². The molecule has 0 radical (unpaired) electrons. The van der Waals surface area contributed by atoms with Gasteiger partial charge in [0.15, 0.2) is 0 Å². The highest BCUT2D eigenvalue weighted by atomic mass is 35.5. The summed E-state index contributed by atoms with van der Waals surface area (Å²) in [7, 11) is -2.13. The largest absolute Gasteiger partial charge is 0.495 e. The van der Waals surface area contributed by atoms with Gasteiger partial charge in [0.25, 0.3) is 0 Å². The molecule has 0 amide bonds. The van der Waals surface area contributed by atoms with E-state index in [1.54, 1.807) is 12.1 Å². The van der Waals surface area contributed by atoms with Gasteiger partial charge in [-0.15, -0.1) is 0 Å². The smallest absolute Gasteiger partial charge is 0.303 e. The maximum absolute atomic E-state index is 12.2. The quantitative estimate of drug-likeness (QED) is 0.788. The number of halogens is 1. The molecule has 0 spiro atoms. The lowest BCUT2D eigenvalue weighted by Gasteiger charge is -2.25. The molecule has 0 bridgehead atoms. The fourth-order valence-electron chi connectivity index (χ4n) is 1.80. The molecule has 8 heteroatoms. The van der Waals surface area contributed by atoms with Crippen molar-refractivity contribution in [3.8, 4) is 5.75 Å². The summed E-state index contributed by atoms with van der Waals surface area (Å²) in [6.07, 6.45) is 0.0862. The molecule has 118 valence electrons. The summed E-state index contributed by atoms with van der Waals surface area (Å²) in [6.45, 7) is 1.58. The van der Waals surface area contributed by atoms with Crippen molar-refractivity contribution < 1.29 is 23.1 Å². The number of carboxylic acid groups (broad SMARTS) is 1. The lowest BCUT2D eigenvalue weighted by molar-refractivity contribution is -0.137. The van der Waals surface area contributed by atoms with Crippen LogP contribution in [0, 0.1) is 0 Å². The number of sulfonamides is 1. The van der Waals surface area contributed by atoms with Gasteiger partial charge in [-0.2, -0.15) is 0 Å². The zero-order valence-electron chi connectivity index (χ0n) is 11.9. The molecule has 0 saturated heterocycles. The molecule has 1 aromatic carbocycles. The van der Waals surface area contributed by atoms with Gasteiger partial charge >= 0.3 is 5.97 Å². The molecule has 0 fully saturated rings. The lowest BCUT2D eigenvalue weighted by Crippen LogP contribution is -2.33. The average molecular weight is 336 g/mol. The van der Waals surface area contributed by atoms with Crippen LogP contribution in [-0.2, 0) is 14.8 Å². The minimum Gasteiger partial charge on any atom is -0.495 e. The van der Waals surface area contributed by atoms with Gasteiger partial charge in [-0.25, -0.2) is 8.42 Å². The Morgan fingerprint density at radius 1 is 1.43 bits per heavy atom. The summed E-state index contributed by atoms with van der Waals surface area (Å²) in [5, 5.41) is 9.06. The highest BCUT2D eigenvalue weighted by Gasteiger charge is 2.24. The second-order valence-corrected chi connectivity index (χ2v) is 6.90. The minimum absolute atomic E-state index is 0.0547. The van der Waals surface area contributed by atoms with Crippen LogP contribution in [0.1, 0.15) is 19.8 Å². The summed E-state index contributed by atoms with van der Waals surface area (Å²) in [4.78, 5) is 10.6. The summed E-state index contributed by atoms with van der Waals surface area (Å²) < 4.78 is 30.8. The number of methoxy groups -OCH3 is 1. The van der Waals surface area contributed by atoms with Gasteiger partial charge in [0.2, 0.25) is 10.0 Å². The third-order valence-electron chi connectivity index (χ3n) is 2.86. The van der Waals surface area contributed by atoms with E-state index in [9.17, 15) is 13.2 Å². The number of rotatable bonds is 8. The Balaban J connectivity index is 3.18. The number of aliphatic carboxylic acids is 1. The molecule has 0 unspecified atom stereocenters. The van der Waals surface area contributed by atoms with E-state index in [-0.39, 0.29) is 25.1 Å². The first-order valence-electron chi connectivity index (χ1n) is 6.37. The molecule has 0 aliphatic carbocycles. The first-order valence-corrected chi connectivity index (χ1v) is 8.36. The third kappa shape index (κ3) is 4.78. The van der Waals surface area contributed by atoms with Crippen molar-refractivity contribution >= 4 is 33.3 Å². The highest BCUT2D eigenvalue weighted by molar-refractivity contribution is 7.92. The lowest BCUT2D eigenvalue weighted by atomic mass is 10.2. The van der Waals surface area contributed by atoms with Crippen LogP contribution in [0.3, 0.4) is 0 Å². The summed E-state index contributed by atoms with van der Waals surface area (Å²) in [5.41, 5.74) is 0.317. The summed E-state index contributed by atoms with van der Waals surface area (Å²) in [5.74, 6) is -0.705. The molecule has 1 aromatic rings. The number of nitrogens with zero attached hydrogens (tertiary/aromatic N) is 1. The normalized spacial score (nSPS) is 11.2. The van der Waals surface area contributed by atoms with Crippen molar-refractivity contribution in [2.45, 2.75) is 19.8 Å². The van der Waals surface area contributed by atoms with E-state index in [1.165, 1.54) is 20.1 Å². The van der Waals surface area contributed by atoms with Crippen molar-refractivity contribution in [3.05, 3.63) is 23.2 Å². The Bertz CT molecular complexity index is 603. The highest BCUT2D eigenvalue weighted by Crippen LogP contribution is 2.33. The van der Waals surface area contributed by atoms with Gasteiger partial charge in [-0.3, -0.25) is 9.10 Å². The average Bonchev–Trinajstić information content (AvgIpc) is 2.43. The first kappa shape index (κ1) is 17.6. The maximum atomic E-state index is 12.2. The molecular weight excluding hydrogens is 318 g/mol. The Kier molecular flexibility index (Phi) is 6.29. The standard InChI is InChI=1S/C13H18ClNO5S/c1-3-21(18,19)15(8-4-5-13(16)17)11-9-10(14)6-7-12(11)20-2/h6-7,9H,3-5,8H2,1-2H3,(H,16,17). The summed E-state index contributed by atoms with van der Waals surface area (Å²) in [6, 6.07) is 4.67. The van der Waals surface area contributed by atoms with E-state index < -0.39 is 16.0 Å². The molecule has 0 saturated carbocycles. The Morgan fingerprint density at radius 3 is 2.62 bits per heavy atom. The minimum atomic E-state index is -3.56. The van der Waals surface area contributed by atoms with E-state index in [2.05, 4.69) is 0 Å². The third-order valence-corrected chi connectivity index (χ3v) is 4.88. The second kappa shape index (κ2) is 7.51. The van der Waals surface area contributed by atoms with Crippen LogP contribution < -0.4 is 9.04 Å². The molecule has 1 rings (SSSR count). The fraction of sp³-hybridized carbons (Fsp3) is 0.462. The van der Waals surface area contributed by atoms with Crippen LogP contribution >= 0.6 is 11.6 Å². The van der Waals surface area contributed by atoms with Crippen molar-refractivity contribution in [1.29, 1.82) is 0 Å². The van der Waals surface area contributed by atoms with E-state index in [0.717, 1.165) is 4.31 Å². The SMILES string of the molecule is CCS(=O)(=O)N(CCCC(=O)O)c1cc(Cl)ccc1OC. The number of carboxylic acids is 1. The molecular formula is C13H18ClNO5S. The Morgan fingerprint density at radius 2 is 2.10 bits per heavy atom. The molecule has 0 aliphatic rings. The van der Waals surface area contributed by atoms with Crippen molar-refractivity contribution in [1.82, 2.24) is 0 Å². The number of carbonyl (C=O) groups is 1. The zero-order chi connectivity index (χ0) is 16.0. The van der Waals surface area contributed by atoms with Crippen LogP contribution in [0.5, 0.6) is 5.75 Å². The number of hydrogen-bond donors (Lipinski definition) is 1. The molecule has 0 aromatic heterocycles. The van der Waals surface area contributed by atoms with Gasteiger partial charge < -0.3 is 9.84 Å². The second-order valence-electron chi connectivity index (χ2n) is 4.29. The molecule has 6 nitrogen and oxygen atoms in total.